The summed E-state index contributed by atoms with van der Waals surface area (Å²) < 4.78 is 7.87. The van der Waals surface area contributed by atoms with Gasteiger partial charge in [0.1, 0.15) is 5.75 Å². The molecule has 0 bridgehead atoms. The molecular formula is C20H22ClNOS. The van der Waals surface area contributed by atoms with Crippen LogP contribution in [0.1, 0.15) is 26.3 Å². The Morgan fingerprint density at radius 2 is 1.79 bits per heavy atom. The summed E-state index contributed by atoms with van der Waals surface area (Å²) in [5, 5.41) is 2.01. The first-order chi connectivity index (χ1) is 11.4. The van der Waals surface area contributed by atoms with E-state index in [1.54, 1.807) is 7.11 Å². The van der Waals surface area contributed by atoms with E-state index >= 15 is 0 Å². The summed E-state index contributed by atoms with van der Waals surface area (Å²) in [6, 6.07) is 14.3. The normalized spacial score (nSPS) is 11.9. The number of rotatable bonds is 4. The third-order valence-electron chi connectivity index (χ3n) is 3.73. The lowest BCUT2D eigenvalue weighted by atomic mass is 10.2. The maximum absolute atomic E-state index is 6.00. The highest BCUT2D eigenvalue weighted by Gasteiger charge is 2.17. The maximum atomic E-state index is 6.00. The van der Waals surface area contributed by atoms with Gasteiger partial charge in [-0.05, 0) is 35.9 Å². The number of aromatic nitrogens is 1. The molecule has 0 saturated heterocycles. The first-order valence-corrected chi connectivity index (χ1v) is 9.15. The summed E-state index contributed by atoms with van der Waals surface area (Å²) in [4.78, 5) is 1.28. The molecule has 0 aliphatic rings. The molecule has 4 heteroatoms. The van der Waals surface area contributed by atoms with Crippen LogP contribution in [0, 0.1) is 0 Å². The Balaban J connectivity index is 2.05. The Hall–Kier alpha value is -1.58. The standard InChI is InChI=1S/C20H22ClNOS/c1-20(2,3)24-19-13-22(12-14-5-7-15(21)8-6-14)18-10-9-16(23-4)11-17(18)19/h5-11,13H,12H2,1-4H3. The van der Waals surface area contributed by atoms with Crippen LogP contribution in [0.25, 0.3) is 10.9 Å². The lowest BCUT2D eigenvalue weighted by Gasteiger charge is -2.16. The van der Waals surface area contributed by atoms with Crippen molar-refractivity contribution in [2.75, 3.05) is 7.11 Å². The van der Waals surface area contributed by atoms with Crippen molar-refractivity contribution in [3.05, 3.63) is 59.2 Å². The van der Waals surface area contributed by atoms with Crippen molar-refractivity contribution in [3.63, 3.8) is 0 Å². The maximum Gasteiger partial charge on any atom is 0.119 e. The minimum Gasteiger partial charge on any atom is -0.497 e. The fourth-order valence-electron chi connectivity index (χ4n) is 2.70. The van der Waals surface area contributed by atoms with Crippen molar-refractivity contribution in [3.8, 4) is 5.75 Å². The molecule has 0 unspecified atom stereocenters. The van der Waals surface area contributed by atoms with Gasteiger partial charge in [0.05, 0.1) is 7.11 Å². The zero-order chi connectivity index (χ0) is 17.3. The summed E-state index contributed by atoms with van der Waals surface area (Å²) in [6.45, 7) is 7.53. The second-order valence-corrected chi connectivity index (χ2v) is 9.15. The molecule has 0 amide bonds. The summed E-state index contributed by atoms with van der Waals surface area (Å²) in [5.74, 6) is 0.891. The van der Waals surface area contributed by atoms with Crippen LogP contribution in [0.2, 0.25) is 5.02 Å². The van der Waals surface area contributed by atoms with Gasteiger partial charge in [0, 0.05) is 38.3 Å². The number of methoxy groups -OCH3 is 1. The van der Waals surface area contributed by atoms with Crippen LogP contribution in [0.5, 0.6) is 5.75 Å². The van der Waals surface area contributed by atoms with Gasteiger partial charge in [-0.2, -0.15) is 0 Å². The molecule has 2 aromatic carbocycles. The molecular weight excluding hydrogens is 338 g/mol. The van der Waals surface area contributed by atoms with Gasteiger partial charge in [-0.3, -0.25) is 0 Å². The van der Waals surface area contributed by atoms with E-state index in [-0.39, 0.29) is 4.75 Å². The molecule has 0 aliphatic carbocycles. The zero-order valence-electron chi connectivity index (χ0n) is 14.5. The molecule has 0 fully saturated rings. The zero-order valence-corrected chi connectivity index (χ0v) is 16.0. The molecule has 0 aliphatic heterocycles. The highest BCUT2D eigenvalue weighted by molar-refractivity contribution is 8.00. The van der Waals surface area contributed by atoms with E-state index in [2.05, 4.69) is 55.8 Å². The molecule has 0 atom stereocenters. The second kappa shape index (κ2) is 6.73. The topological polar surface area (TPSA) is 14.2 Å². The van der Waals surface area contributed by atoms with Gasteiger partial charge in [0.15, 0.2) is 0 Å². The fraction of sp³-hybridized carbons (Fsp3) is 0.300. The van der Waals surface area contributed by atoms with Crippen LogP contribution < -0.4 is 4.74 Å². The lowest BCUT2D eigenvalue weighted by Crippen LogP contribution is -2.06. The van der Waals surface area contributed by atoms with Gasteiger partial charge in [-0.15, -0.1) is 11.8 Å². The number of hydrogen-bond acceptors (Lipinski definition) is 2. The summed E-state index contributed by atoms with van der Waals surface area (Å²) in [5.41, 5.74) is 2.46. The number of thioether (sulfide) groups is 1. The largest absolute Gasteiger partial charge is 0.497 e. The average Bonchev–Trinajstić information content (AvgIpc) is 2.85. The molecule has 0 saturated carbocycles. The summed E-state index contributed by atoms with van der Waals surface area (Å²) >= 11 is 7.88. The molecule has 0 N–H and O–H groups in total. The first kappa shape index (κ1) is 17.2. The van der Waals surface area contributed by atoms with Crippen LogP contribution in [0.15, 0.2) is 53.6 Å². The van der Waals surface area contributed by atoms with Gasteiger partial charge in [0.2, 0.25) is 0 Å². The molecule has 3 aromatic rings. The van der Waals surface area contributed by atoms with Gasteiger partial charge in [-0.25, -0.2) is 0 Å². The minimum atomic E-state index is 0.155. The molecule has 1 heterocycles. The number of nitrogens with zero attached hydrogens (tertiary/aromatic N) is 1. The van der Waals surface area contributed by atoms with E-state index in [9.17, 15) is 0 Å². The monoisotopic (exact) mass is 359 g/mol. The van der Waals surface area contributed by atoms with Crippen LogP contribution >= 0.6 is 23.4 Å². The van der Waals surface area contributed by atoms with Crippen molar-refractivity contribution in [1.82, 2.24) is 4.57 Å². The van der Waals surface area contributed by atoms with E-state index in [4.69, 9.17) is 16.3 Å². The van der Waals surface area contributed by atoms with E-state index in [0.29, 0.717) is 0 Å². The first-order valence-electron chi connectivity index (χ1n) is 7.96. The molecule has 1 aromatic heterocycles. The van der Waals surface area contributed by atoms with E-state index in [0.717, 1.165) is 17.3 Å². The summed E-state index contributed by atoms with van der Waals surface area (Å²) in [7, 11) is 1.71. The minimum absolute atomic E-state index is 0.155. The van der Waals surface area contributed by atoms with Crippen LogP contribution in [0.3, 0.4) is 0 Å². The van der Waals surface area contributed by atoms with Gasteiger partial charge in [0.25, 0.3) is 0 Å². The third kappa shape index (κ3) is 3.90. The lowest BCUT2D eigenvalue weighted by molar-refractivity contribution is 0.415. The smallest absolute Gasteiger partial charge is 0.119 e. The van der Waals surface area contributed by atoms with E-state index in [1.165, 1.54) is 21.4 Å². The second-order valence-electron chi connectivity index (χ2n) is 6.85. The van der Waals surface area contributed by atoms with Crippen molar-refractivity contribution in [2.24, 2.45) is 0 Å². The molecule has 126 valence electrons. The van der Waals surface area contributed by atoms with Crippen LogP contribution in [-0.4, -0.2) is 16.4 Å². The Bertz CT molecular complexity index is 846. The van der Waals surface area contributed by atoms with Crippen molar-refractivity contribution < 1.29 is 4.74 Å². The number of halogens is 1. The van der Waals surface area contributed by atoms with Crippen molar-refractivity contribution in [2.45, 2.75) is 37.0 Å². The molecule has 24 heavy (non-hydrogen) atoms. The van der Waals surface area contributed by atoms with E-state index < -0.39 is 0 Å². The summed E-state index contributed by atoms with van der Waals surface area (Å²) in [6.07, 6.45) is 2.24. The third-order valence-corrected chi connectivity index (χ3v) is 5.14. The Labute approximate surface area is 152 Å². The highest BCUT2D eigenvalue weighted by atomic mass is 35.5. The molecule has 0 radical (unpaired) electrons. The van der Waals surface area contributed by atoms with Crippen LogP contribution in [0.4, 0.5) is 0 Å². The van der Waals surface area contributed by atoms with Gasteiger partial charge >= 0.3 is 0 Å². The Kier molecular flexibility index (Phi) is 4.84. The average molecular weight is 360 g/mol. The number of fused-ring (bicyclic) bond motifs is 1. The Morgan fingerprint density at radius 3 is 2.42 bits per heavy atom. The molecule has 0 spiro atoms. The molecule has 2 nitrogen and oxygen atoms in total. The number of hydrogen-bond donors (Lipinski definition) is 0. The van der Waals surface area contributed by atoms with Crippen molar-refractivity contribution >= 4 is 34.3 Å². The van der Waals surface area contributed by atoms with E-state index in [1.807, 2.05) is 30.0 Å². The predicted molar refractivity (Wildman–Crippen MR) is 105 cm³/mol. The quantitative estimate of drug-likeness (QED) is 0.511. The van der Waals surface area contributed by atoms with Gasteiger partial charge < -0.3 is 9.30 Å². The Morgan fingerprint density at radius 1 is 1.08 bits per heavy atom. The van der Waals surface area contributed by atoms with Crippen molar-refractivity contribution in [1.29, 1.82) is 0 Å². The molecule has 3 rings (SSSR count). The highest BCUT2D eigenvalue weighted by Crippen LogP contribution is 2.39. The SMILES string of the molecule is COc1ccc2c(c1)c(SC(C)(C)C)cn2Cc1ccc(Cl)cc1. The fourth-order valence-corrected chi connectivity index (χ4v) is 3.94. The van der Waals surface area contributed by atoms with Gasteiger partial charge in [-0.1, -0.05) is 44.5 Å². The number of benzene rings is 2. The van der Waals surface area contributed by atoms with Crippen LogP contribution in [-0.2, 0) is 6.54 Å². The number of ether oxygens (including phenoxy) is 1. The predicted octanol–water partition coefficient (Wildman–Crippen LogP) is 6.24.